The minimum atomic E-state index is 0.405. The van der Waals surface area contributed by atoms with Crippen molar-refractivity contribution in [2.75, 3.05) is 34.4 Å². The van der Waals surface area contributed by atoms with Gasteiger partial charge in [-0.3, -0.25) is 4.90 Å². The molecule has 20 heavy (non-hydrogen) atoms. The number of nitrogens with two attached hydrogens (primary N) is 1. The van der Waals surface area contributed by atoms with Crippen LogP contribution in [0.25, 0.3) is 0 Å². The zero-order chi connectivity index (χ0) is 14.7. The maximum Gasteiger partial charge on any atom is 0.126 e. The van der Waals surface area contributed by atoms with E-state index in [2.05, 4.69) is 24.9 Å². The maximum absolute atomic E-state index is 5.84. The molecule has 4 heteroatoms. The van der Waals surface area contributed by atoms with Crippen LogP contribution in [0.15, 0.2) is 12.1 Å². The minimum Gasteiger partial charge on any atom is -0.497 e. The summed E-state index contributed by atoms with van der Waals surface area (Å²) in [7, 11) is 5.59. The second kappa shape index (κ2) is 6.46. The molecular weight excluding hydrogens is 252 g/mol. The van der Waals surface area contributed by atoms with Gasteiger partial charge < -0.3 is 15.2 Å². The van der Waals surface area contributed by atoms with Crippen LogP contribution >= 0.6 is 0 Å². The molecule has 0 bridgehead atoms. The molecule has 1 heterocycles. The average Bonchev–Trinajstić information content (AvgIpc) is 2.86. The highest BCUT2D eigenvalue weighted by molar-refractivity contribution is 5.48. The van der Waals surface area contributed by atoms with E-state index in [0.29, 0.717) is 12.0 Å². The molecule has 1 aromatic rings. The Morgan fingerprint density at radius 2 is 2.05 bits per heavy atom. The van der Waals surface area contributed by atoms with Crippen LogP contribution in [0.4, 0.5) is 0 Å². The van der Waals surface area contributed by atoms with E-state index < -0.39 is 0 Å². The second-order valence-electron chi connectivity index (χ2n) is 5.54. The van der Waals surface area contributed by atoms with Gasteiger partial charge in [-0.1, -0.05) is 6.92 Å². The first-order chi connectivity index (χ1) is 9.64. The van der Waals surface area contributed by atoms with E-state index in [4.69, 9.17) is 15.2 Å². The van der Waals surface area contributed by atoms with Gasteiger partial charge in [0.2, 0.25) is 0 Å². The minimum absolute atomic E-state index is 0.405. The van der Waals surface area contributed by atoms with Crippen molar-refractivity contribution >= 4 is 0 Å². The van der Waals surface area contributed by atoms with Gasteiger partial charge in [-0.2, -0.15) is 0 Å². The first-order valence-electron chi connectivity index (χ1n) is 7.29. The summed E-state index contributed by atoms with van der Waals surface area (Å²) in [5.41, 5.74) is 8.44. The molecule has 0 spiro atoms. The summed E-state index contributed by atoms with van der Waals surface area (Å²) in [5, 5.41) is 0. The Balaban J connectivity index is 2.43. The number of ether oxygens (including phenoxy) is 2. The van der Waals surface area contributed by atoms with Gasteiger partial charge in [-0.15, -0.1) is 0 Å². The molecule has 1 aliphatic heterocycles. The zero-order valence-corrected chi connectivity index (χ0v) is 13.0. The highest BCUT2D eigenvalue weighted by Crippen LogP contribution is 2.40. The van der Waals surface area contributed by atoms with E-state index in [0.717, 1.165) is 37.4 Å². The fourth-order valence-corrected chi connectivity index (χ4v) is 3.26. The third-order valence-corrected chi connectivity index (χ3v) is 4.35. The van der Waals surface area contributed by atoms with Gasteiger partial charge in [-0.25, -0.2) is 0 Å². The molecule has 1 aliphatic rings. The highest BCUT2D eigenvalue weighted by atomic mass is 16.5. The molecule has 2 atom stereocenters. The topological polar surface area (TPSA) is 47.7 Å². The molecule has 0 aromatic heterocycles. The molecule has 0 amide bonds. The van der Waals surface area contributed by atoms with Crippen molar-refractivity contribution in [2.45, 2.75) is 25.8 Å². The van der Waals surface area contributed by atoms with Crippen LogP contribution in [0.1, 0.15) is 30.5 Å². The van der Waals surface area contributed by atoms with Crippen LogP contribution in [0.3, 0.4) is 0 Å². The van der Waals surface area contributed by atoms with E-state index in [1.54, 1.807) is 14.2 Å². The van der Waals surface area contributed by atoms with Crippen molar-refractivity contribution < 1.29 is 9.47 Å². The zero-order valence-electron chi connectivity index (χ0n) is 13.0. The Morgan fingerprint density at radius 1 is 1.30 bits per heavy atom. The predicted octanol–water partition coefficient (Wildman–Crippen LogP) is 2.22. The Labute approximate surface area is 121 Å². The van der Waals surface area contributed by atoms with Crippen LogP contribution in [0, 0.1) is 5.92 Å². The van der Waals surface area contributed by atoms with E-state index >= 15 is 0 Å². The van der Waals surface area contributed by atoms with E-state index in [1.807, 2.05) is 6.07 Å². The second-order valence-corrected chi connectivity index (χ2v) is 5.54. The van der Waals surface area contributed by atoms with Crippen LogP contribution in [0.2, 0.25) is 0 Å². The predicted molar refractivity (Wildman–Crippen MR) is 81.5 cm³/mol. The van der Waals surface area contributed by atoms with Crippen molar-refractivity contribution in [2.24, 2.45) is 11.7 Å². The van der Waals surface area contributed by atoms with Crippen molar-refractivity contribution in [3.8, 4) is 11.5 Å². The van der Waals surface area contributed by atoms with Crippen molar-refractivity contribution in [3.05, 3.63) is 23.3 Å². The lowest BCUT2D eigenvalue weighted by Crippen LogP contribution is -2.21. The highest BCUT2D eigenvalue weighted by Gasteiger charge is 2.32. The fourth-order valence-electron chi connectivity index (χ4n) is 3.26. The molecule has 1 fully saturated rings. The first kappa shape index (κ1) is 15.1. The monoisotopic (exact) mass is 278 g/mol. The molecule has 0 saturated carbocycles. The normalized spacial score (nSPS) is 23.1. The van der Waals surface area contributed by atoms with Gasteiger partial charge in [0.15, 0.2) is 0 Å². The third-order valence-electron chi connectivity index (χ3n) is 4.35. The van der Waals surface area contributed by atoms with Gasteiger partial charge in [0.1, 0.15) is 11.5 Å². The van der Waals surface area contributed by atoms with Crippen molar-refractivity contribution in [1.82, 2.24) is 4.90 Å². The summed E-state index contributed by atoms with van der Waals surface area (Å²) < 4.78 is 11.0. The summed E-state index contributed by atoms with van der Waals surface area (Å²) in [6.45, 7) is 3.98. The SMILES string of the molecule is CCc1c(OC)cc(OC)cc1C1CC(CN)CN1C. The molecular formula is C16H26N2O2. The molecule has 2 unspecified atom stereocenters. The lowest BCUT2D eigenvalue weighted by Gasteiger charge is -2.24. The van der Waals surface area contributed by atoms with E-state index in [1.165, 1.54) is 11.1 Å². The standard InChI is InChI=1S/C16H26N2O2/c1-5-13-14(7-12(19-3)8-16(13)20-4)15-6-11(9-17)10-18(15)2/h7-8,11,15H,5-6,9-10,17H2,1-4H3. The fraction of sp³-hybridized carbons (Fsp3) is 0.625. The molecule has 4 nitrogen and oxygen atoms in total. The van der Waals surface area contributed by atoms with E-state index in [9.17, 15) is 0 Å². The van der Waals surface area contributed by atoms with Crippen LogP contribution in [-0.4, -0.2) is 39.3 Å². The number of likely N-dealkylation sites (tertiary alicyclic amines) is 1. The van der Waals surface area contributed by atoms with Gasteiger partial charge >= 0.3 is 0 Å². The number of rotatable bonds is 5. The Morgan fingerprint density at radius 3 is 2.55 bits per heavy atom. The molecule has 0 aliphatic carbocycles. The number of hydrogen-bond donors (Lipinski definition) is 1. The largest absolute Gasteiger partial charge is 0.497 e. The van der Waals surface area contributed by atoms with Gasteiger partial charge in [0, 0.05) is 18.7 Å². The Kier molecular flexibility index (Phi) is 4.89. The number of nitrogens with zero attached hydrogens (tertiary/aromatic N) is 1. The van der Waals surface area contributed by atoms with Crippen LogP contribution in [-0.2, 0) is 6.42 Å². The van der Waals surface area contributed by atoms with Gasteiger partial charge in [0.25, 0.3) is 0 Å². The lowest BCUT2D eigenvalue weighted by molar-refractivity contribution is 0.309. The van der Waals surface area contributed by atoms with Crippen LogP contribution in [0.5, 0.6) is 11.5 Å². The summed E-state index contributed by atoms with van der Waals surface area (Å²) in [4.78, 5) is 2.39. The van der Waals surface area contributed by atoms with E-state index in [-0.39, 0.29) is 0 Å². The average molecular weight is 278 g/mol. The van der Waals surface area contributed by atoms with Crippen molar-refractivity contribution in [3.63, 3.8) is 0 Å². The number of hydrogen-bond acceptors (Lipinski definition) is 4. The van der Waals surface area contributed by atoms with Gasteiger partial charge in [0.05, 0.1) is 14.2 Å². The Hall–Kier alpha value is -1.26. The molecule has 1 aromatic carbocycles. The molecule has 2 N–H and O–H groups in total. The smallest absolute Gasteiger partial charge is 0.126 e. The maximum atomic E-state index is 5.84. The first-order valence-corrected chi connectivity index (χ1v) is 7.29. The van der Waals surface area contributed by atoms with Gasteiger partial charge in [-0.05, 0) is 49.5 Å². The molecule has 112 valence electrons. The Bertz CT molecular complexity index is 462. The summed E-state index contributed by atoms with van der Waals surface area (Å²) in [6, 6.07) is 4.53. The number of methoxy groups -OCH3 is 2. The summed E-state index contributed by atoms with van der Waals surface area (Å²) in [5.74, 6) is 2.36. The molecule has 1 saturated heterocycles. The summed E-state index contributed by atoms with van der Waals surface area (Å²) >= 11 is 0. The van der Waals surface area contributed by atoms with Crippen LogP contribution < -0.4 is 15.2 Å². The molecule has 0 radical (unpaired) electrons. The number of benzene rings is 1. The summed E-state index contributed by atoms with van der Waals surface area (Å²) in [6.07, 6.45) is 2.07. The lowest BCUT2D eigenvalue weighted by atomic mass is 9.93. The quantitative estimate of drug-likeness (QED) is 0.897. The molecule has 2 rings (SSSR count). The van der Waals surface area contributed by atoms with Crippen molar-refractivity contribution in [1.29, 1.82) is 0 Å². The third kappa shape index (κ3) is 2.76.